The lowest BCUT2D eigenvalue weighted by Crippen LogP contribution is -2.20. The molecule has 0 aliphatic rings. The standard InChI is InChI=1S/C17H19N5O4.C8H9F.C4H10.CH3Cl/c23-9-8-22-10-13(17(25)26)15(24)12-2-3-14(20-16(12)22)19-4-1-6-21-7-5-18-11-21;1-2-7-5-3-4-6-8(7)9;1-4(2)3;1-2/h2-3,5,7,10-11,23H,1,4,6,8-9H2,(H,19,20)(H,25,26);3-6H,2H2,1H3;4H,1-3H3;1H3. The highest BCUT2D eigenvalue weighted by atomic mass is 35.5. The third kappa shape index (κ3) is 12.1. The smallest absolute Gasteiger partial charge is 0.341 e. The van der Waals surface area contributed by atoms with Crippen molar-refractivity contribution in [3.05, 3.63) is 88.5 Å². The molecule has 0 saturated carbocycles. The summed E-state index contributed by atoms with van der Waals surface area (Å²) in [6, 6.07) is 10.0. The second kappa shape index (κ2) is 19.3. The number of carboxylic acid groups (broad SMARTS) is 1. The summed E-state index contributed by atoms with van der Waals surface area (Å²) < 4.78 is 16.0. The number of hydrogen-bond donors (Lipinski definition) is 3. The first kappa shape index (κ1) is 35.3. The Morgan fingerprint density at radius 1 is 1.12 bits per heavy atom. The van der Waals surface area contributed by atoms with E-state index in [0.717, 1.165) is 30.9 Å². The Kier molecular flexibility index (Phi) is 16.6. The number of nitrogens with zero attached hydrogens (tertiary/aromatic N) is 4. The number of hydrogen-bond acceptors (Lipinski definition) is 6. The molecule has 0 aliphatic carbocycles. The normalized spacial score (nSPS) is 10.1. The predicted molar refractivity (Wildman–Crippen MR) is 163 cm³/mol. The zero-order chi connectivity index (χ0) is 30.8. The fourth-order valence-corrected chi connectivity index (χ4v) is 3.48. The number of aromatic carboxylic acids is 1. The van der Waals surface area contributed by atoms with Gasteiger partial charge in [-0.15, -0.1) is 11.6 Å². The molecule has 0 unspecified atom stereocenters. The summed E-state index contributed by atoms with van der Waals surface area (Å²) in [7, 11) is 0. The molecule has 0 atom stereocenters. The maximum Gasteiger partial charge on any atom is 0.341 e. The van der Waals surface area contributed by atoms with Crippen molar-refractivity contribution in [2.45, 2.75) is 53.6 Å². The van der Waals surface area contributed by atoms with Crippen LogP contribution in [0.1, 0.15) is 50.0 Å². The Labute approximate surface area is 245 Å². The van der Waals surface area contributed by atoms with Crippen LogP contribution in [0.4, 0.5) is 10.2 Å². The fourth-order valence-electron chi connectivity index (χ4n) is 3.48. The Bertz CT molecular complexity index is 1370. The average molecular weight is 590 g/mol. The third-order valence-corrected chi connectivity index (χ3v) is 5.29. The molecule has 41 heavy (non-hydrogen) atoms. The molecule has 9 nitrogen and oxygen atoms in total. The number of halogens is 2. The molecule has 4 aromatic rings. The number of aliphatic hydroxyl groups is 1. The van der Waals surface area contributed by atoms with Gasteiger partial charge in [0.1, 0.15) is 22.8 Å². The second-order valence-electron chi connectivity index (χ2n) is 9.42. The van der Waals surface area contributed by atoms with Crippen LogP contribution in [0, 0.1) is 11.7 Å². The van der Waals surface area contributed by atoms with Gasteiger partial charge in [0.25, 0.3) is 0 Å². The van der Waals surface area contributed by atoms with Crippen LogP contribution in [-0.4, -0.2) is 54.8 Å². The Morgan fingerprint density at radius 3 is 2.34 bits per heavy atom. The van der Waals surface area contributed by atoms with Crippen molar-refractivity contribution in [3.63, 3.8) is 0 Å². The van der Waals surface area contributed by atoms with Crippen LogP contribution in [0.5, 0.6) is 0 Å². The van der Waals surface area contributed by atoms with E-state index in [0.29, 0.717) is 18.0 Å². The molecule has 0 spiro atoms. The number of aryl methyl sites for hydroxylation is 2. The number of carbonyl (C=O) groups is 1. The van der Waals surface area contributed by atoms with E-state index in [2.05, 4.69) is 47.7 Å². The number of imidazole rings is 1. The molecule has 0 fully saturated rings. The summed E-state index contributed by atoms with van der Waals surface area (Å²) in [6.07, 6.45) is 9.69. The van der Waals surface area contributed by atoms with Gasteiger partial charge in [0.05, 0.1) is 18.3 Å². The summed E-state index contributed by atoms with van der Waals surface area (Å²) in [6.45, 7) is 9.89. The topological polar surface area (TPSA) is 122 Å². The van der Waals surface area contributed by atoms with E-state index < -0.39 is 11.4 Å². The van der Waals surface area contributed by atoms with E-state index in [1.54, 1.807) is 36.8 Å². The van der Waals surface area contributed by atoms with Crippen LogP contribution in [0.2, 0.25) is 0 Å². The van der Waals surface area contributed by atoms with Gasteiger partial charge in [0.2, 0.25) is 5.43 Å². The maximum absolute atomic E-state index is 12.6. The Hall–Kier alpha value is -3.76. The number of alkyl halides is 1. The average Bonchev–Trinajstić information content (AvgIpc) is 3.48. The van der Waals surface area contributed by atoms with E-state index in [9.17, 15) is 24.2 Å². The zero-order valence-corrected chi connectivity index (χ0v) is 25.1. The number of carboxylic acids is 1. The van der Waals surface area contributed by atoms with Gasteiger partial charge in [0, 0.05) is 44.6 Å². The highest BCUT2D eigenvalue weighted by molar-refractivity contribution is 6.15. The van der Waals surface area contributed by atoms with E-state index in [4.69, 9.17) is 0 Å². The Balaban J connectivity index is 0.000000462. The van der Waals surface area contributed by atoms with Gasteiger partial charge in [-0.25, -0.2) is 19.2 Å². The van der Waals surface area contributed by atoms with E-state index in [1.807, 2.05) is 23.8 Å². The highest BCUT2D eigenvalue weighted by Crippen LogP contribution is 2.14. The lowest BCUT2D eigenvalue weighted by molar-refractivity contribution is 0.0694. The van der Waals surface area contributed by atoms with Gasteiger partial charge in [0.15, 0.2) is 0 Å². The minimum absolute atomic E-state index is 0.0972. The molecule has 3 N–H and O–H groups in total. The summed E-state index contributed by atoms with van der Waals surface area (Å²) in [5.74, 6) is 0.0163. The minimum Gasteiger partial charge on any atom is -0.477 e. The van der Waals surface area contributed by atoms with Crippen LogP contribution in [0.15, 0.2) is 66.1 Å². The molecule has 3 heterocycles. The van der Waals surface area contributed by atoms with Crippen molar-refractivity contribution >= 4 is 34.4 Å². The molecule has 224 valence electrons. The molecule has 0 radical (unpaired) electrons. The summed E-state index contributed by atoms with van der Waals surface area (Å²) in [4.78, 5) is 32.0. The van der Waals surface area contributed by atoms with Crippen LogP contribution >= 0.6 is 11.6 Å². The van der Waals surface area contributed by atoms with Crippen LogP contribution in [0.25, 0.3) is 11.0 Å². The van der Waals surface area contributed by atoms with Gasteiger partial charge in [-0.1, -0.05) is 45.9 Å². The van der Waals surface area contributed by atoms with Crippen molar-refractivity contribution in [3.8, 4) is 0 Å². The molecule has 0 saturated heterocycles. The van der Waals surface area contributed by atoms with Crippen LogP contribution in [-0.2, 0) is 19.5 Å². The number of nitrogens with one attached hydrogen (secondary N) is 1. The second-order valence-corrected chi connectivity index (χ2v) is 9.42. The molecule has 0 bridgehead atoms. The predicted octanol–water partition coefficient (Wildman–Crippen LogP) is 5.69. The van der Waals surface area contributed by atoms with Gasteiger partial charge in [-0.2, -0.15) is 0 Å². The summed E-state index contributed by atoms with van der Waals surface area (Å²) in [5, 5.41) is 21.8. The number of aliphatic hydroxyl groups excluding tert-OH is 1. The van der Waals surface area contributed by atoms with Crippen molar-refractivity contribution in [2.75, 3.05) is 24.9 Å². The highest BCUT2D eigenvalue weighted by Gasteiger charge is 2.15. The lowest BCUT2D eigenvalue weighted by atomic mass is 10.2. The number of pyridine rings is 2. The van der Waals surface area contributed by atoms with Gasteiger partial charge >= 0.3 is 5.97 Å². The first-order valence-corrected chi connectivity index (χ1v) is 14.1. The van der Waals surface area contributed by atoms with Crippen molar-refractivity contribution in [2.24, 2.45) is 5.92 Å². The molecule has 1 aromatic carbocycles. The van der Waals surface area contributed by atoms with Crippen LogP contribution < -0.4 is 10.7 Å². The zero-order valence-electron chi connectivity index (χ0n) is 24.3. The monoisotopic (exact) mass is 589 g/mol. The lowest BCUT2D eigenvalue weighted by Gasteiger charge is -2.12. The van der Waals surface area contributed by atoms with E-state index >= 15 is 0 Å². The SMILES string of the molecule is CC(C)C.CCc1ccccc1F.CCl.O=C(O)c1cn(CCO)c2nc(NCCCn3ccnc3)ccc2c1=O. The number of benzene rings is 1. The number of rotatable bonds is 9. The number of aromatic nitrogens is 4. The molecular formula is C30H41ClFN5O4. The molecule has 3 aromatic heterocycles. The van der Waals surface area contributed by atoms with Gasteiger partial charge < -0.3 is 24.7 Å². The number of fused-ring (bicyclic) bond motifs is 1. The first-order chi connectivity index (χ1) is 19.7. The largest absolute Gasteiger partial charge is 0.477 e. The summed E-state index contributed by atoms with van der Waals surface area (Å²) >= 11 is 4.64. The first-order valence-electron chi connectivity index (χ1n) is 13.4. The molecule has 4 rings (SSSR count). The van der Waals surface area contributed by atoms with Gasteiger partial charge in [-0.3, -0.25) is 4.79 Å². The molecule has 11 heteroatoms. The molecular weight excluding hydrogens is 549 g/mol. The summed E-state index contributed by atoms with van der Waals surface area (Å²) in [5.41, 5.74) is 0.209. The minimum atomic E-state index is -1.30. The van der Waals surface area contributed by atoms with Crippen molar-refractivity contribution < 1.29 is 19.4 Å². The maximum atomic E-state index is 12.6. The van der Waals surface area contributed by atoms with Crippen molar-refractivity contribution in [1.29, 1.82) is 0 Å². The molecule has 0 aliphatic heterocycles. The third-order valence-electron chi connectivity index (χ3n) is 5.29. The molecule has 0 amide bonds. The quantitative estimate of drug-likeness (QED) is 0.169. The fraction of sp³-hybridized carbons (Fsp3) is 0.400. The van der Waals surface area contributed by atoms with Crippen molar-refractivity contribution in [1.82, 2.24) is 19.1 Å². The van der Waals surface area contributed by atoms with Crippen LogP contribution in [0.3, 0.4) is 0 Å². The van der Waals surface area contributed by atoms with E-state index in [1.165, 1.54) is 23.2 Å². The van der Waals surface area contributed by atoms with E-state index in [-0.39, 0.29) is 29.9 Å². The van der Waals surface area contributed by atoms with Gasteiger partial charge in [-0.05, 0) is 42.5 Å². The Morgan fingerprint density at radius 2 is 1.80 bits per heavy atom. The number of anilines is 1.